The van der Waals surface area contributed by atoms with E-state index in [0.29, 0.717) is 44.8 Å². The van der Waals surface area contributed by atoms with Crippen molar-refractivity contribution in [3.63, 3.8) is 0 Å². The van der Waals surface area contributed by atoms with Crippen LogP contribution >= 0.6 is 0 Å². The number of para-hydroxylation sites is 1. The Hall–Kier alpha value is -3.02. The number of phenolic OH excluding ortho intramolecular Hbond substituents is 1. The number of hydrogen-bond acceptors (Lipinski definition) is 4. The molecule has 0 spiro atoms. The SMILES string of the molecule is O=C(CC1CCOc2ccccc21)N1CCN(C(=O)c2ccc(O)cc2)CC1. The molecule has 0 aliphatic carbocycles. The van der Waals surface area contributed by atoms with E-state index in [4.69, 9.17) is 4.74 Å². The Morgan fingerprint density at radius 2 is 1.64 bits per heavy atom. The van der Waals surface area contributed by atoms with Gasteiger partial charge in [0.1, 0.15) is 11.5 Å². The van der Waals surface area contributed by atoms with Gasteiger partial charge in [-0.15, -0.1) is 0 Å². The number of aromatic hydroxyl groups is 1. The number of piperazine rings is 1. The molecule has 2 aromatic carbocycles. The van der Waals surface area contributed by atoms with Gasteiger partial charge in [-0.3, -0.25) is 9.59 Å². The topological polar surface area (TPSA) is 70.1 Å². The zero-order valence-corrected chi connectivity index (χ0v) is 15.7. The number of rotatable bonds is 3. The summed E-state index contributed by atoms with van der Waals surface area (Å²) in [5, 5.41) is 9.36. The van der Waals surface area contributed by atoms with Gasteiger partial charge in [0.25, 0.3) is 5.91 Å². The second-order valence-electron chi connectivity index (χ2n) is 7.30. The molecule has 2 aliphatic heterocycles. The predicted molar refractivity (Wildman–Crippen MR) is 105 cm³/mol. The Labute approximate surface area is 164 Å². The van der Waals surface area contributed by atoms with E-state index in [0.717, 1.165) is 17.7 Å². The molecule has 2 heterocycles. The fourth-order valence-corrected chi connectivity index (χ4v) is 3.91. The number of fused-ring (bicyclic) bond motifs is 1. The molecule has 1 saturated heterocycles. The van der Waals surface area contributed by atoms with E-state index < -0.39 is 0 Å². The third kappa shape index (κ3) is 3.81. The summed E-state index contributed by atoms with van der Waals surface area (Å²) in [5.74, 6) is 1.29. The van der Waals surface area contributed by atoms with Crippen LogP contribution in [0.4, 0.5) is 0 Å². The zero-order valence-electron chi connectivity index (χ0n) is 15.7. The van der Waals surface area contributed by atoms with Crippen LogP contribution in [0.15, 0.2) is 48.5 Å². The third-order valence-electron chi connectivity index (χ3n) is 5.54. The lowest BCUT2D eigenvalue weighted by atomic mass is 9.90. The van der Waals surface area contributed by atoms with E-state index in [1.54, 1.807) is 17.0 Å². The van der Waals surface area contributed by atoms with Gasteiger partial charge in [-0.2, -0.15) is 0 Å². The average molecular weight is 380 g/mol. The summed E-state index contributed by atoms with van der Waals surface area (Å²) in [5.41, 5.74) is 1.67. The molecule has 1 atom stereocenters. The van der Waals surface area contributed by atoms with Crippen molar-refractivity contribution in [2.45, 2.75) is 18.8 Å². The number of benzene rings is 2. The van der Waals surface area contributed by atoms with Crippen molar-refractivity contribution in [3.05, 3.63) is 59.7 Å². The molecular formula is C22H24N2O4. The molecule has 2 aromatic rings. The van der Waals surface area contributed by atoms with Crippen molar-refractivity contribution < 1.29 is 19.4 Å². The van der Waals surface area contributed by atoms with Crippen LogP contribution in [0.1, 0.15) is 34.7 Å². The lowest BCUT2D eigenvalue weighted by Crippen LogP contribution is -2.50. The van der Waals surface area contributed by atoms with E-state index in [9.17, 15) is 14.7 Å². The van der Waals surface area contributed by atoms with Crippen LogP contribution in [0.2, 0.25) is 0 Å². The largest absolute Gasteiger partial charge is 0.508 e. The van der Waals surface area contributed by atoms with Crippen LogP contribution in [0, 0.1) is 0 Å². The first-order chi connectivity index (χ1) is 13.6. The van der Waals surface area contributed by atoms with E-state index in [2.05, 4.69) is 0 Å². The fraction of sp³-hybridized carbons (Fsp3) is 0.364. The second-order valence-corrected chi connectivity index (χ2v) is 7.30. The van der Waals surface area contributed by atoms with E-state index in [1.165, 1.54) is 12.1 Å². The minimum absolute atomic E-state index is 0.0644. The van der Waals surface area contributed by atoms with Crippen LogP contribution in [0.3, 0.4) is 0 Å². The van der Waals surface area contributed by atoms with Crippen LogP contribution < -0.4 is 4.74 Å². The molecule has 2 aliphatic rings. The summed E-state index contributed by atoms with van der Waals surface area (Å²) in [6.45, 7) is 2.79. The Balaban J connectivity index is 1.33. The van der Waals surface area contributed by atoms with Crippen molar-refractivity contribution in [1.82, 2.24) is 9.80 Å². The minimum atomic E-state index is -0.0644. The maximum absolute atomic E-state index is 12.8. The first-order valence-electron chi connectivity index (χ1n) is 9.69. The second kappa shape index (κ2) is 7.92. The quantitative estimate of drug-likeness (QED) is 0.889. The molecule has 0 aromatic heterocycles. The summed E-state index contributed by atoms with van der Waals surface area (Å²) in [6.07, 6.45) is 1.33. The molecule has 6 nitrogen and oxygen atoms in total. The van der Waals surface area contributed by atoms with Crippen LogP contribution in [-0.4, -0.2) is 59.5 Å². The molecular weight excluding hydrogens is 356 g/mol. The lowest BCUT2D eigenvalue weighted by Gasteiger charge is -2.36. The van der Waals surface area contributed by atoms with Crippen molar-refractivity contribution in [3.8, 4) is 11.5 Å². The monoisotopic (exact) mass is 380 g/mol. The highest BCUT2D eigenvalue weighted by molar-refractivity contribution is 5.94. The van der Waals surface area contributed by atoms with Crippen molar-refractivity contribution in [1.29, 1.82) is 0 Å². The molecule has 1 unspecified atom stereocenters. The van der Waals surface area contributed by atoms with Gasteiger partial charge in [0.05, 0.1) is 6.61 Å². The summed E-state index contributed by atoms with van der Waals surface area (Å²) in [6, 6.07) is 14.2. The normalized spacial score (nSPS) is 18.9. The first-order valence-corrected chi connectivity index (χ1v) is 9.69. The maximum Gasteiger partial charge on any atom is 0.253 e. The highest BCUT2D eigenvalue weighted by atomic mass is 16.5. The van der Waals surface area contributed by atoms with Crippen molar-refractivity contribution in [2.24, 2.45) is 0 Å². The number of carbonyl (C=O) groups excluding carboxylic acids is 2. The third-order valence-corrected chi connectivity index (χ3v) is 5.54. The smallest absolute Gasteiger partial charge is 0.253 e. The molecule has 4 rings (SSSR count). The van der Waals surface area contributed by atoms with Gasteiger partial charge in [-0.1, -0.05) is 18.2 Å². The molecule has 146 valence electrons. The molecule has 0 saturated carbocycles. The van der Waals surface area contributed by atoms with Gasteiger partial charge in [0.15, 0.2) is 0 Å². The van der Waals surface area contributed by atoms with Gasteiger partial charge >= 0.3 is 0 Å². The number of amides is 2. The van der Waals surface area contributed by atoms with Crippen molar-refractivity contribution in [2.75, 3.05) is 32.8 Å². The Kier molecular flexibility index (Phi) is 5.19. The summed E-state index contributed by atoms with van der Waals surface area (Å²) in [7, 11) is 0. The van der Waals surface area contributed by atoms with Gasteiger partial charge in [-0.05, 0) is 48.2 Å². The van der Waals surface area contributed by atoms with E-state index >= 15 is 0 Å². The molecule has 1 fully saturated rings. The van der Waals surface area contributed by atoms with Gasteiger partial charge in [-0.25, -0.2) is 0 Å². The molecule has 2 amide bonds. The van der Waals surface area contributed by atoms with Gasteiger partial charge in [0.2, 0.25) is 5.91 Å². The summed E-state index contributed by atoms with van der Waals surface area (Å²) >= 11 is 0. The first kappa shape index (κ1) is 18.3. The number of phenols is 1. The molecule has 0 radical (unpaired) electrons. The van der Waals surface area contributed by atoms with Crippen LogP contribution in [-0.2, 0) is 4.79 Å². The number of ether oxygens (including phenoxy) is 1. The zero-order chi connectivity index (χ0) is 19.5. The number of hydrogen-bond donors (Lipinski definition) is 1. The number of carbonyl (C=O) groups is 2. The Morgan fingerprint density at radius 1 is 0.964 bits per heavy atom. The van der Waals surface area contributed by atoms with Crippen LogP contribution in [0.5, 0.6) is 11.5 Å². The summed E-state index contributed by atoms with van der Waals surface area (Å²) < 4.78 is 5.69. The molecule has 6 heteroatoms. The van der Waals surface area contributed by atoms with Gasteiger partial charge in [0, 0.05) is 38.2 Å². The fourth-order valence-electron chi connectivity index (χ4n) is 3.91. The van der Waals surface area contributed by atoms with E-state index in [1.807, 2.05) is 29.2 Å². The molecule has 28 heavy (non-hydrogen) atoms. The Morgan fingerprint density at radius 3 is 2.39 bits per heavy atom. The number of nitrogens with zero attached hydrogens (tertiary/aromatic N) is 2. The van der Waals surface area contributed by atoms with Gasteiger partial charge < -0.3 is 19.6 Å². The van der Waals surface area contributed by atoms with Crippen molar-refractivity contribution >= 4 is 11.8 Å². The van der Waals surface area contributed by atoms with E-state index in [-0.39, 0.29) is 23.5 Å². The Bertz CT molecular complexity index is 857. The van der Waals surface area contributed by atoms with Crippen LogP contribution in [0.25, 0.3) is 0 Å². The standard InChI is InChI=1S/C22H24N2O4/c25-18-7-5-16(6-8-18)22(27)24-12-10-23(11-13-24)21(26)15-17-9-14-28-20-4-2-1-3-19(17)20/h1-8,17,25H,9-15H2. The minimum Gasteiger partial charge on any atom is -0.508 e. The average Bonchev–Trinajstić information content (AvgIpc) is 2.74. The highest BCUT2D eigenvalue weighted by Crippen LogP contribution is 2.35. The maximum atomic E-state index is 12.8. The summed E-state index contributed by atoms with van der Waals surface area (Å²) in [4.78, 5) is 29.0. The highest BCUT2D eigenvalue weighted by Gasteiger charge is 2.29. The lowest BCUT2D eigenvalue weighted by molar-refractivity contribution is -0.133. The predicted octanol–water partition coefficient (Wildman–Crippen LogP) is 2.63. The molecule has 1 N–H and O–H groups in total. The molecule has 0 bridgehead atoms.